The highest BCUT2D eigenvalue weighted by atomic mass is 32.2. The first-order valence-corrected chi connectivity index (χ1v) is 12.0. The van der Waals surface area contributed by atoms with Crippen LogP contribution in [-0.2, 0) is 19.6 Å². The van der Waals surface area contributed by atoms with Gasteiger partial charge in [-0.3, -0.25) is 9.52 Å². The SMILES string of the molecule is CCN(C(=O)COC(=O)c1ccc(OC)c(S(=O)(=O)Nc2ccc(C)cc2)c1)c1ccccc1. The van der Waals surface area contributed by atoms with Crippen molar-refractivity contribution in [3.8, 4) is 5.75 Å². The first-order valence-electron chi connectivity index (χ1n) is 10.5. The van der Waals surface area contributed by atoms with Crippen LogP contribution >= 0.6 is 0 Å². The summed E-state index contributed by atoms with van der Waals surface area (Å²) in [6.45, 7) is 3.61. The van der Waals surface area contributed by atoms with Gasteiger partial charge in [-0.05, 0) is 56.3 Å². The van der Waals surface area contributed by atoms with Crippen molar-refractivity contribution in [3.05, 3.63) is 83.9 Å². The highest BCUT2D eigenvalue weighted by Gasteiger charge is 2.23. The molecule has 0 atom stereocenters. The molecule has 0 aromatic heterocycles. The minimum atomic E-state index is -4.07. The van der Waals surface area contributed by atoms with Crippen LogP contribution in [0.3, 0.4) is 0 Å². The number of amides is 1. The average Bonchev–Trinajstić information content (AvgIpc) is 2.84. The lowest BCUT2D eigenvalue weighted by Gasteiger charge is -2.20. The number of carbonyl (C=O) groups excluding carboxylic acids is 2. The van der Waals surface area contributed by atoms with Gasteiger partial charge in [0.2, 0.25) is 0 Å². The van der Waals surface area contributed by atoms with Crippen LogP contribution in [-0.4, -0.2) is 40.6 Å². The summed E-state index contributed by atoms with van der Waals surface area (Å²) in [5.41, 5.74) is 2.01. The van der Waals surface area contributed by atoms with Crippen molar-refractivity contribution in [1.29, 1.82) is 0 Å². The maximum Gasteiger partial charge on any atom is 0.338 e. The van der Waals surface area contributed by atoms with Crippen molar-refractivity contribution in [2.75, 3.05) is 29.9 Å². The molecular formula is C25H26N2O6S. The summed E-state index contributed by atoms with van der Waals surface area (Å²) in [7, 11) is -2.73. The lowest BCUT2D eigenvalue weighted by atomic mass is 10.2. The van der Waals surface area contributed by atoms with Crippen LogP contribution in [0.15, 0.2) is 77.7 Å². The predicted molar refractivity (Wildman–Crippen MR) is 130 cm³/mol. The maximum atomic E-state index is 13.0. The molecule has 1 N–H and O–H groups in total. The molecule has 0 fully saturated rings. The van der Waals surface area contributed by atoms with Crippen molar-refractivity contribution < 1.29 is 27.5 Å². The molecule has 0 unspecified atom stereocenters. The molecule has 0 saturated carbocycles. The lowest BCUT2D eigenvalue weighted by Crippen LogP contribution is -2.34. The summed E-state index contributed by atoms with van der Waals surface area (Å²) >= 11 is 0. The Morgan fingerprint density at radius 3 is 2.26 bits per heavy atom. The van der Waals surface area contributed by atoms with Gasteiger partial charge in [-0.15, -0.1) is 0 Å². The molecule has 3 aromatic carbocycles. The van der Waals surface area contributed by atoms with E-state index in [9.17, 15) is 18.0 Å². The van der Waals surface area contributed by atoms with Crippen molar-refractivity contribution in [3.63, 3.8) is 0 Å². The van der Waals surface area contributed by atoms with Gasteiger partial charge in [0.15, 0.2) is 6.61 Å². The van der Waals surface area contributed by atoms with E-state index in [1.54, 1.807) is 48.5 Å². The average molecular weight is 483 g/mol. The fourth-order valence-corrected chi connectivity index (χ4v) is 4.50. The number of likely N-dealkylation sites (N-methyl/N-ethyl adjacent to an activating group) is 1. The van der Waals surface area contributed by atoms with Crippen LogP contribution in [0, 0.1) is 6.92 Å². The molecule has 8 nitrogen and oxygen atoms in total. The van der Waals surface area contributed by atoms with Crippen LogP contribution < -0.4 is 14.4 Å². The predicted octanol–water partition coefficient (Wildman–Crippen LogP) is 4.01. The van der Waals surface area contributed by atoms with Gasteiger partial charge in [0.05, 0.1) is 12.7 Å². The summed E-state index contributed by atoms with van der Waals surface area (Å²) in [6.07, 6.45) is 0. The Bertz CT molecular complexity index is 1260. The number of para-hydroxylation sites is 1. The van der Waals surface area contributed by atoms with Crippen LogP contribution in [0.4, 0.5) is 11.4 Å². The molecule has 0 saturated heterocycles. The summed E-state index contributed by atoms with van der Waals surface area (Å²) in [5, 5.41) is 0. The molecule has 178 valence electrons. The number of esters is 1. The molecule has 3 aromatic rings. The van der Waals surface area contributed by atoms with Crippen molar-refractivity contribution in [1.82, 2.24) is 0 Å². The van der Waals surface area contributed by atoms with Crippen LogP contribution in [0.25, 0.3) is 0 Å². The van der Waals surface area contributed by atoms with Crippen molar-refractivity contribution >= 4 is 33.3 Å². The van der Waals surface area contributed by atoms with Gasteiger partial charge in [0.1, 0.15) is 10.6 Å². The van der Waals surface area contributed by atoms with Crippen LogP contribution in [0.5, 0.6) is 5.75 Å². The smallest absolute Gasteiger partial charge is 0.338 e. The zero-order valence-electron chi connectivity index (χ0n) is 19.1. The minimum absolute atomic E-state index is 0.0272. The standard InChI is InChI=1S/C25H26N2O6S/c1-4-27(21-8-6-5-7-9-21)24(28)17-33-25(29)19-12-15-22(32-3)23(16-19)34(30,31)26-20-13-10-18(2)11-14-20/h5-16,26H,4,17H2,1-3H3. The number of hydrogen-bond donors (Lipinski definition) is 1. The number of sulfonamides is 1. The molecule has 0 spiro atoms. The monoisotopic (exact) mass is 482 g/mol. The third-order valence-electron chi connectivity index (χ3n) is 5.00. The number of ether oxygens (including phenoxy) is 2. The van der Waals surface area contributed by atoms with E-state index in [4.69, 9.17) is 9.47 Å². The van der Waals surface area contributed by atoms with Gasteiger partial charge in [-0.25, -0.2) is 13.2 Å². The summed E-state index contributed by atoms with van der Waals surface area (Å²) in [6, 6.07) is 19.7. The highest BCUT2D eigenvalue weighted by molar-refractivity contribution is 7.92. The van der Waals surface area contributed by atoms with E-state index in [0.717, 1.165) is 11.6 Å². The number of nitrogens with one attached hydrogen (secondary N) is 1. The third-order valence-corrected chi connectivity index (χ3v) is 6.41. The topological polar surface area (TPSA) is 102 Å². The molecule has 34 heavy (non-hydrogen) atoms. The number of aryl methyl sites for hydroxylation is 1. The zero-order chi connectivity index (χ0) is 24.7. The Balaban J connectivity index is 1.77. The Kier molecular flexibility index (Phi) is 7.91. The van der Waals surface area contributed by atoms with Gasteiger partial charge in [-0.2, -0.15) is 0 Å². The summed E-state index contributed by atoms with van der Waals surface area (Å²) in [4.78, 5) is 26.5. The number of nitrogens with zero attached hydrogens (tertiary/aromatic N) is 1. The largest absolute Gasteiger partial charge is 0.495 e. The van der Waals surface area contributed by atoms with Crippen molar-refractivity contribution in [2.24, 2.45) is 0 Å². The molecule has 0 aliphatic heterocycles. The first-order chi connectivity index (χ1) is 16.2. The molecule has 3 rings (SSSR count). The second kappa shape index (κ2) is 10.8. The van der Waals surface area contributed by atoms with E-state index in [1.165, 1.54) is 24.1 Å². The fraction of sp³-hybridized carbons (Fsp3) is 0.200. The second-order valence-corrected chi connectivity index (χ2v) is 9.04. The van der Waals surface area contributed by atoms with Gasteiger partial charge < -0.3 is 14.4 Å². The number of benzene rings is 3. The van der Waals surface area contributed by atoms with E-state index in [2.05, 4.69) is 4.72 Å². The van der Waals surface area contributed by atoms with Gasteiger partial charge >= 0.3 is 5.97 Å². The van der Waals surface area contributed by atoms with E-state index < -0.39 is 28.5 Å². The molecule has 9 heteroatoms. The number of carbonyl (C=O) groups is 2. The molecule has 1 amide bonds. The van der Waals surface area contributed by atoms with Gasteiger partial charge in [0, 0.05) is 17.9 Å². The molecule has 0 bridgehead atoms. The number of methoxy groups -OCH3 is 1. The Hall–Kier alpha value is -3.85. The van der Waals surface area contributed by atoms with Gasteiger partial charge in [-0.1, -0.05) is 35.9 Å². The second-order valence-electron chi connectivity index (χ2n) is 7.39. The number of rotatable bonds is 9. The maximum absolute atomic E-state index is 13.0. The Morgan fingerprint density at radius 1 is 0.971 bits per heavy atom. The quantitative estimate of drug-likeness (QED) is 0.462. The van der Waals surface area contributed by atoms with Crippen LogP contribution in [0.2, 0.25) is 0 Å². The van der Waals surface area contributed by atoms with E-state index >= 15 is 0 Å². The molecule has 0 aliphatic rings. The van der Waals surface area contributed by atoms with Crippen LogP contribution in [0.1, 0.15) is 22.8 Å². The zero-order valence-corrected chi connectivity index (χ0v) is 20.0. The van der Waals surface area contributed by atoms with Gasteiger partial charge in [0.25, 0.3) is 15.9 Å². The minimum Gasteiger partial charge on any atom is -0.495 e. The van der Waals surface area contributed by atoms with Crippen molar-refractivity contribution in [2.45, 2.75) is 18.7 Å². The van der Waals surface area contributed by atoms with E-state index in [-0.39, 0.29) is 16.2 Å². The summed E-state index contributed by atoms with van der Waals surface area (Å²) < 4.78 is 38.8. The molecule has 0 heterocycles. The summed E-state index contributed by atoms with van der Waals surface area (Å²) in [5.74, 6) is -1.16. The molecule has 0 aliphatic carbocycles. The Morgan fingerprint density at radius 2 is 1.65 bits per heavy atom. The molecular weight excluding hydrogens is 456 g/mol. The fourth-order valence-electron chi connectivity index (χ4n) is 3.24. The van der Waals surface area contributed by atoms with E-state index in [1.807, 2.05) is 19.9 Å². The molecule has 0 radical (unpaired) electrons. The first kappa shape index (κ1) is 24.8. The number of anilines is 2. The third kappa shape index (κ3) is 5.93. The highest BCUT2D eigenvalue weighted by Crippen LogP contribution is 2.27. The van der Waals surface area contributed by atoms with E-state index in [0.29, 0.717) is 17.9 Å². The number of hydrogen-bond acceptors (Lipinski definition) is 6. The lowest BCUT2D eigenvalue weighted by molar-refractivity contribution is -0.121. The normalized spacial score (nSPS) is 10.9. The Labute approximate surface area is 199 Å².